The third kappa shape index (κ3) is 4.99. The van der Waals surface area contributed by atoms with Gasteiger partial charge in [-0.3, -0.25) is 0 Å². The number of piperidine rings is 1. The molecule has 2 aromatic rings. The smallest absolute Gasteiger partial charge is 0.317 e. The number of benzene rings is 1. The molecular weight excluding hydrogens is 344 g/mol. The van der Waals surface area contributed by atoms with Gasteiger partial charge in [-0.15, -0.1) is 0 Å². The van der Waals surface area contributed by atoms with Crippen LogP contribution in [0, 0.1) is 0 Å². The number of aromatic nitrogens is 2. The lowest BCUT2D eigenvalue weighted by atomic mass is 10.1. The molecule has 0 saturated carbocycles. The van der Waals surface area contributed by atoms with E-state index in [-0.39, 0.29) is 12.1 Å². The van der Waals surface area contributed by atoms with Crippen molar-refractivity contribution >= 4 is 23.5 Å². The zero-order valence-electron chi connectivity index (χ0n) is 16.0. The number of carbonyl (C=O) groups is 1. The van der Waals surface area contributed by atoms with Crippen LogP contribution in [-0.2, 0) is 0 Å². The van der Waals surface area contributed by atoms with Gasteiger partial charge >= 0.3 is 6.03 Å². The van der Waals surface area contributed by atoms with Gasteiger partial charge in [-0.25, -0.2) is 9.78 Å². The van der Waals surface area contributed by atoms with E-state index in [0.717, 1.165) is 43.2 Å². The Balaban J connectivity index is 1.58. The first kappa shape index (κ1) is 18.8. The van der Waals surface area contributed by atoms with Gasteiger partial charge in [0.15, 0.2) is 0 Å². The molecule has 0 unspecified atom stereocenters. The third-order valence-electron chi connectivity index (χ3n) is 4.52. The Hall–Kier alpha value is -3.03. The largest absolute Gasteiger partial charge is 0.497 e. The van der Waals surface area contributed by atoms with Gasteiger partial charge in [0.2, 0.25) is 5.95 Å². The quantitative estimate of drug-likeness (QED) is 0.841. The molecule has 3 rings (SSSR count). The molecule has 1 aliphatic rings. The number of nitrogens with one attached hydrogen (secondary N) is 2. The lowest BCUT2D eigenvalue weighted by Crippen LogP contribution is -2.47. The number of hydrogen-bond donors (Lipinski definition) is 2. The number of carbonyl (C=O) groups excluding carboxylic acids is 1. The van der Waals surface area contributed by atoms with Crippen molar-refractivity contribution in [3.63, 3.8) is 0 Å². The van der Waals surface area contributed by atoms with Crippen LogP contribution in [0.5, 0.6) is 5.75 Å². The van der Waals surface area contributed by atoms with Crippen molar-refractivity contribution in [3.05, 3.63) is 36.5 Å². The molecule has 2 amide bonds. The van der Waals surface area contributed by atoms with Crippen LogP contribution in [0.2, 0.25) is 0 Å². The molecule has 2 heterocycles. The molecule has 0 aliphatic carbocycles. The van der Waals surface area contributed by atoms with Crippen LogP contribution >= 0.6 is 0 Å². The average Bonchev–Trinajstić information content (AvgIpc) is 2.69. The van der Waals surface area contributed by atoms with Gasteiger partial charge in [0.05, 0.1) is 7.11 Å². The fourth-order valence-electron chi connectivity index (χ4n) is 2.92. The molecular formula is C19H26N6O2. The van der Waals surface area contributed by atoms with Crippen molar-refractivity contribution in [2.45, 2.75) is 18.9 Å². The zero-order chi connectivity index (χ0) is 19.2. The van der Waals surface area contributed by atoms with E-state index >= 15 is 0 Å². The molecule has 2 N–H and O–H groups in total. The third-order valence-corrected chi connectivity index (χ3v) is 4.52. The second kappa shape index (κ2) is 8.57. The summed E-state index contributed by atoms with van der Waals surface area (Å²) in [6.45, 7) is 1.62. The molecule has 1 aliphatic heterocycles. The molecule has 1 fully saturated rings. The Morgan fingerprint density at radius 2 is 1.89 bits per heavy atom. The Morgan fingerprint density at radius 3 is 2.52 bits per heavy atom. The summed E-state index contributed by atoms with van der Waals surface area (Å²) < 4.78 is 5.17. The lowest BCUT2D eigenvalue weighted by molar-refractivity contribution is 0.210. The minimum Gasteiger partial charge on any atom is -0.497 e. The molecule has 8 heteroatoms. The van der Waals surface area contributed by atoms with Crippen molar-refractivity contribution in [2.75, 3.05) is 44.5 Å². The van der Waals surface area contributed by atoms with E-state index in [1.807, 2.05) is 30.3 Å². The highest BCUT2D eigenvalue weighted by molar-refractivity contribution is 5.73. The summed E-state index contributed by atoms with van der Waals surface area (Å²) in [4.78, 5) is 24.5. The van der Waals surface area contributed by atoms with E-state index in [1.165, 1.54) is 0 Å². The Bertz CT molecular complexity index is 757. The number of nitrogens with zero attached hydrogens (tertiary/aromatic N) is 4. The Morgan fingerprint density at radius 1 is 1.19 bits per heavy atom. The van der Waals surface area contributed by atoms with Crippen molar-refractivity contribution in [1.82, 2.24) is 20.2 Å². The molecule has 0 spiro atoms. The number of hydrogen-bond acceptors (Lipinski definition) is 6. The maximum atomic E-state index is 11.8. The Labute approximate surface area is 159 Å². The highest BCUT2D eigenvalue weighted by Gasteiger charge is 2.22. The second-order valence-electron chi connectivity index (χ2n) is 6.70. The zero-order valence-corrected chi connectivity index (χ0v) is 16.0. The minimum atomic E-state index is -0.0459. The van der Waals surface area contributed by atoms with Gasteiger partial charge in [-0.05, 0) is 43.2 Å². The monoisotopic (exact) mass is 370 g/mol. The normalized spacial score (nSPS) is 14.6. The van der Waals surface area contributed by atoms with Crippen molar-refractivity contribution in [2.24, 2.45) is 0 Å². The number of rotatable bonds is 5. The number of amides is 2. The first-order chi connectivity index (χ1) is 13.0. The van der Waals surface area contributed by atoms with Crippen LogP contribution in [0.25, 0.3) is 0 Å². The second-order valence-corrected chi connectivity index (χ2v) is 6.70. The van der Waals surface area contributed by atoms with E-state index < -0.39 is 0 Å². The van der Waals surface area contributed by atoms with Crippen molar-refractivity contribution < 1.29 is 9.53 Å². The van der Waals surface area contributed by atoms with E-state index in [2.05, 4.69) is 25.5 Å². The van der Waals surface area contributed by atoms with Gasteiger partial charge < -0.3 is 25.2 Å². The predicted octanol–water partition coefficient (Wildman–Crippen LogP) is 2.47. The average molecular weight is 370 g/mol. The number of anilines is 3. The molecule has 1 aromatic carbocycles. The maximum Gasteiger partial charge on any atom is 0.317 e. The SMILES string of the molecule is COc1ccc(Nc2ccnc(N3CCC(NC(=O)N(C)C)CC3)n2)cc1. The number of ether oxygens (including phenoxy) is 1. The minimum absolute atomic E-state index is 0.0459. The van der Waals surface area contributed by atoms with E-state index in [4.69, 9.17) is 4.74 Å². The topological polar surface area (TPSA) is 82.6 Å². The van der Waals surface area contributed by atoms with E-state index in [9.17, 15) is 4.79 Å². The van der Waals surface area contributed by atoms with Crippen LogP contribution in [0.3, 0.4) is 0 Å². The van der Waals surface area contributed by atoms with Crippen molar-refractivity contribution in [3.8, 4) is 5.75 Å². The summed E-state index contributed by atoms with van der Waals surface area (Å²) in [6.07, 6.45) is 3.51. The van der Waals surface area contributed by atoms with E-state index in [1.54, 1.807) is 32.3 Å². The predicted molar refractivity (Wildman–Crippen MR) is 106 cm³/mol. The highest BCUT2D eigenvalue weighted by atomic mass is 16.5. The highest BCUT2D eigenvalue weighted by Crippen LogP contribution is 2.21. The summed E-state index contributed by atoms with van der Waals surface area (Å²) in [5.41, 5.74) is 0.936. The lowest BCUT2D eigenvalue weighted by Gasteiger charge is -2.33. The molecule has 0 bridgehead atoms. The molecule has 27 heavy (non-hydrogen) atoms. The maximum absolute atomic E-state index is 11.8. The van der Waals surface area contributed by atoms with Crippen LogP contribution in [0.15, 0.2) is 36.5 Å². The van der Waals surface area contributed by atoms with Crippen molar-refractivity contribution in [1.29, 1.82) is 0 Å². The summed E-state index contributed by atoms with van der Waals surface area (Å²) in [5, 5.41) is 6.33. The molecule has 1 saturated heterocycles. The van der Waals surface area contributed by atoms with Gasteiger partial charge in [0.1, 0.15) is 11.6 Å². The summed E-state index contributed by atoms with van der Waals surface area (Å²) in [6, 6.07) is 9.68. The van der Waals surface area contributed by atoms with Crippen LogP contribution in [0.4, 0.5) is 22.2 Å². The number of methoxy groups -OCH3 is 1. The molecule has 0 radical (unpaired) electrons. The van der Waals surface area contributed by atoms with Crippen LogP contribution in [-0.4, -0.2) is 61.2 Å². The fraction of sp³-hybridized carbons (Fsp3) is 0.421. The van der Waals surface area contributed by atoms with Crippen LogP contribution < -0.4 is 20.3 Å². The van der Waals surface area contributed by atoms with Gasteiger partial charge in [-0.1, -0.05) is 0 Å². The van der Waals surface area contributed by atoms with Gasteiger partial charge in [0.25, 0.3) is 0 Å². The van der Waals surface area contributed by atoms with Gasteiger partial charge in [-0.2, -0.15) is 4.98 Å². The summed E-state index contributed by atoms with van der Waals surface area (Å²) in [7, 11) is 5.15. The molecule has 144 valence electrons. The standard InChI is InChI=1S/C19H26N6O2/c1-24(2)19(26)22-15-9-12-25(13-10-15)18-20-11-8-17(23-18)21-14-4-6-16(27-3)7-5-14/h4-8,11,15H,9-10,12-13H2,1-3H3,(H,22,26)(H,20,21,23). The molecule has 0 atom stereocenters. The number of urea groups is 1. The van der Waals surface area contributed by atoms with E-state index in [0.29, 0.717) is 5.95 Å². The first-order valence-electron chi connectivity index (χ1n) is 9.02. The Kier molecular flexibility index (Phi) is 5.95. The van der Waals surface area contributed by atoms with Gasteiger partial charge in [0, 0.05) is 45.1 Å². The molecule has 1 aromatic heterocycles. The summed E-state index contributed by atoms with van der Waals surface area (Å²) in [5.74, 6) is 2.26. The fourth-order valence-corrected chi connectivity index (χ4v) is 2.92. The first-order valence-corrected chi connectivity index (χ1v) is 9.02. The summed E-state index contributed by atoms with van der Waals surface area (Å²) >= 11 is 0. The molecule has 8 nitrogen and oxygen atoms in total. The van der Waals surface area contributed by atoms with Crippen LogP contribution in [0.1, 0.15) is 12.8 Å².